The van der Waals surface area contributed by atoms with Crippen LogP contribution in [-0.2, 0) is 9.53 Å². The van der Waals surface area contributed by atoms with Crippen molar-refractivity contribution in [1.29, 1.82) is 0 Å². The van der Waals surface area contributed by atoms with Crippen LogP contribution < -0.4 is 0 Å². The van der Waals surface area contributed by atoms with Gasteiger partial charge in [-0.05, 0) is 30.2 Å². The summed E-state index contributed by atoms with van der Waals surface area (Å²) < 4.78 is 18.0. The zero-order chi connectivity index (χ0) is 12.1. The van der Waals surface area contributed by atoms with E-state index in [1.807, 2.05) is 0 Å². The van der Waals surface area contributed by atoms with Gasteiger partial charge in [0, 0.05) is 10.9 Å². The standard InChI is InChI=1S/C11H12BrFO3/c1-16-11(15)5-4-10(14)8-6-7(13)2-3-9(8)12/h2-3,6,10,14H,4-5H2,1H3. The number of carbonyl (C=O) groups excluding carboxylic acids is 1. The number of hydrogen-bond acceptors (Lipinski definition) is 3. The summed E-state index contributed by atoms with van der Waals surface area (Å²) in [5.41, 5.74) is 0.434. The normalized spacial score (nSPS) is 12.2. The number of hydrogen-bond donors (Lipinski definition) is 1. The SMILES string of the molecule is COC(=O)CCC(O)c1cc(F)ccc1Br. The van der Waals surface area contributed by atoms with Gasteiger partial charge in [0.25, 0.3) is 0 Å². The van der Waals surface area contributed by atoms with Gasteiger partial charge in [-0.2, -0.15) is 0 Å². The third-order valence-corrected chi connectivity index (χ3v) is 2.89. The molecule has 0 radical (unpaired) electrons. The van der Waals surface area contributed by atoms with Gasteiger partial charge < -0.3 is 9.84 Å². The van der Waals surface area contributed by atoms with Crippen LogP contribution in [0, 0.1) is 5.82 Å². The molecule has 5 heteroatoms. The predicted molar refractivity (Wildman–Crippen MR) is 60.3 cm³/mol. The first-order valence-electron chi connectivity index (χ1n) is 4.74. The van der Waals surface area contributed by atoms with Gasteiger partial charge >= 0.3 is 5.97 Å². The molecule has 0 saturated carbocycles. The molecular formula is C11H12BrFO3. The number of rotatable bonds is 4. The third-order valence-electron chi connectivity index (χ3n) is 2.17. The highest BCUT2D eigenvalue weighted by Gasteiger charge is 2.14. The first-order valence-corrected chi connectivity index (χ1v) is 5.53. The summed E-state index contributed by atoms with van der Waals surface area (Å²) >= 11 is 3.21. The Morgan fingerprint density at radius 1 is 1.62 bits per heavy atom. The Bertz CT molecular complexity index is 381. The second-order valence-corrected chi connectivity index (χ2v) is 4.15. The van der Waals surface area contributed by atoms with Crippen LogP contribution in [0.2, 0.25) is 0 Å². The van der Waals surface area contributed by atoms with Crippen molar-refractivity contribution < 1.29 is 19.0 Å². The van der Waals surface area contributed by atoms with Gasteiger partial charge in [-0.15, -0.1) is 0 Å². The molecule has 1 atom stereocenters. The molecule has 1 N–H and O–H groups in total. The van der Waals surface area contributed by atoms with E-state index in [0.717, 1.165) is 0 Å². The molecule has 0 amide bonds. The maximum absolute atomic E-state index is 12.9. The van der Waals surface area contributed by atoms with Crippen LogP contribution in [0.1, 0.15) is 24.5 Å². The van der Waals surface area contributed by atoms with Crippen LogP contribution >= 0.6 is 15.9 Å². The topological polar surface area (TPSA) is 46.5 Å². The van der Waals surface area contributed by atoms with Crippen LogP contribution in [0.25, 0.3) is 0 Å². The Balaban J connectivity index is 2.68. The van der Waals surface area contributed by atoms with Gasteiger partial charge in [-0.25, -0.2) is 4.39 Å². The number of halogens is 2. The van der Waals surface area contributed by atoms with Crippen molar-refractivity contribution in [2.75, 3.05) is 7.11 Å². The molecule has 0 fully saturated rings. The second kappa shape index (κ2) is 5.96. The number of ether oxygens (including phenoxy) is 1. The van der Waals surface area contributed by atoms with E-state index in [0.29, 0.717) is 10.0 Å². The molecule has 0 aliphatic heterocycles. The average Bonchev–Trinajstić information content (AvgIpc) is 2.28. The lowest BCUT2D eigenvalue weighted by molar-refractivity contribution is -0.141. The van der Waals surface area contributed by atoms with Crippen molar-refractivity contribution in [1.82, 2.24) is 0 Å². The maximum Gasteiger partial charge on any atom is 0.305 e. The molecule has 1 aromatic rings. The number of esters is 1. The van der Waals surface area contributed by atoms with E-state index in [1.54, 1.807) is 0 Å². The minimum absolute atomic E-state index is 0.0978. The molecule has 0 aromatic heterocycles. The first kappa shape index (κ1) is 13.1. The Morgan fingerprint density at radius 2 is 2.31 bits per heavy atom. The molecule has 0 spiro atoms. The fourth-order valence-corrected chi connectivity index (χ4v) is 1.79. The van der Waals surface area contributed by atoms with Crippen molar-refractivity contribution in [3.05, 3.63) is 34.1 Å². The number of carbonyl (C=O) groups is 1. The number of methoxy groups -OCH3 is 1. The molecule has 0 aliphatic rings. The molecule has 0 heterocycles. The quantitative estimate of drug-likeness (QED) is 0.867. The zero-order valence-corrected chi connectivity index (χ0v) is 10.3. The minimum atomic E-state index is -0.885. The van der Waals surface area contributed by atoms with Gasteiger partial charge in [0.1, 0.15) is 5.82 Å². The molecular weight excluding hydrogens is 279 g/mol. The lowest BCUT2D eigenvalue weighted by atomic mass is 10.1. The van der Waals surface area contributed by atoms with Gasteiger partial charge in [0.05, 0.1) is 13.2 Å². The Labute approximate surface area is 101 Å². The minimum Gasteiger partial charge on any atom is -0.469 e. The molecule has 88 valence electrons. The summed E-state index contributed by atoms with van der Waals surface area (Å²) in [6.45, 7) is 0. The summed E-state index contributed by atoms with van der Waals surface area (Å²) in [5.74, 6) is -0.818. The largest absolute Gasteiger partial charge is 0.469 e. The van der Waals surface area contributed by atoms with Crippen LogP contribution in [0.3, 0.4) is 0 Å². The van der Waals surface area contributed by atoms with Crippen molar-refractivity contribution >= 4 is 21.9 Å². The van der Waals surface area contributed by atoms with E-state index in [-0.39, 0.29) is 12.8 Å². The smallest absolute Gasteiger partial charge is 0.305 e. The van der Waals surface area contributed by atoms with Gasteiger partial charge in [0.15, 0.2) is 0 Å². The predicted octanol–water partition coefficient (Wildman–Crippen LogP) is 2.57. The van der Waals surface area contributed by atoms with Crippen LogP contribution in [0.15, 0.2) is 22.7 Å². The lowest BCUT2D eigenvalue weighted by Crippen LogP contribution is -2.05. The highest BCUT2D eigenvalue weighted by atomic mass is 79.9. The van der Waals surface area contributed by atoms with Crippen molar-refractivity contribution in [2.45, 2.75) is 18.9 Å². The summed E-state index contributed by atoms with van der Waals surface area (Å²) in [7, 11) is 1.28. The molecule has 16 heavy (non-hydrogen) atoms. The number of aliphatic hydroxyl groups excluding tert-OH is 1. The number of benzene rings is 1. The lowest BCUT2D eigenvalue weighted by Gasteiger charge is -2.12. The van der Waals surface area contributed by atoms with E-state index in [9.17, 15) is 14.3 Å². The fraction of sp³-hybridized carbons (Fsp3) is 0.364. The van der Waals surface area contributed by atoms with E-state index in [1.165, 1.54) is 25.3 Å². The Kier molecular flexibility index (Phi) is 4.89. The molecule has 3 nitrogen and oxygen atoms in total. The fourth-order valence-electron chi connectivity index (χ4n) is 1.28. The van der Waals surface area contributed by atoms with E-state index in [4.69, 9.17) is 0 Å². The Hall–Kier alpha value is -0.940. The van der Waals surface area contributed by atoms with Gasteiger partial charge in [-0.1, -0.05) is 15.9 Å². The number of aliphatic hydroxyl groups is 1. The van der Waals surface area contributed by atoms with Crippen LogP contribution in [-0.4, -0.2) is 18.2 Å². The van der Waals surface area contributed by atoms with Crippen LogP contribution in [0.4, 0.5) is 4.39 Å². The molecule has 0 aliphatic carbocycles. The second-order valence-electron chi connectivity index (χ2n) is 3.30. The molecule has 0 bridgehead atoms. The molecule has 1 aromatic carbocycles. The molecule has 1 rings (SSSR count). The summed E-state index contributed by atoms with van der Waals surface area (Å²) in [6, 6.07) is 4.05. The van der Waals surface area contributed by atoms with Crippen LogP contribution in [0.5, 0.6) is 0 Å². The van der Waals surface area contributed by atoms with Gasteiger partial charge in [-0.3, -0.25) is 4.79 Å². The van der Waals surface area contributed by atoms with E-state index < -0.39 is 17.9 Å². The van der Waals surface area contributed by atoms with E-state index in [2.05, 4.69) is 20.7 Å². The first-order chi connectivity index (χ1) is 7.54. The monoisotopic (exact) mass is 290 g/mol. The van der Waals surface area contributed by atoms with Gasteiger partial charge in [0.2, 0.25) is 0 Å². The molecule has 1 unspecified atom stereocenters. The summed E-state index contributed by atoms with van der Waals surface area (Å²) in [4.78, 5) is 10.9. The van der Waals surface area contributed by atoms with Crippen molar-refractivity contribution in [3.8, 4) is 0 Å². The average molecular weight is 291 g/mol. The zero-order valence-electron chi connectivity index (χ0n) is 8.74. The third kappa shape index (κ3) is 3.57. The highest BCUT2D eigenvalue weighted by Crippen LogP contribution is 2.27. The van der Waals surface area contributed by atoms with E-state index >= 15 is 0 Å². The summed E-state index contributed by atoms with van der Waals surface area (Å²) in [6.07, 6.45) is -0.584. The van der Waals surface area contributed by atoms with Crippen molar-refractivity contribution in [3.63, 3.8) is 0 Å². The highest BCUT2D eigenvalue weighted by molar-refractivity contribution is 9.10. The summed E-state index contributed by atoms with van der Waals surface area (Å²) in [5, 5.41) is 9.77. The Morgan fingerprint density at radius 3 is 2.94 bits per heavy atom. The maximum atomic E-state index is 12.9. The van der Waals surface area contributed by atoms with Crippen molar-refractivity contribution in [2.24, 2.45) is 0 Å². The molecule has 0 saturated heterocycles.